The summed E-state index contributed by atoms with van der Waals surface area (Å²) >= 11 is 0. The van der Waals surface area contributed by atoms with Crippen LogP contribution in [-0.4, -0.2) is 32.0 Å². The van der Waals surface area contributed by atoms with Crippen LogP contribution in [-0.2, 0) is 13.0 Å². The molecule has 0 atom stereocenters. The van der Waals surface area contributed by atoms with Gasteiger partial charge >= 0.3 is 0 Å². The maximum atomic E-state index is 11.7. The van der Waals surface area contributed by atoms with Crippen molar-refractivity contribution in [3.63, 3.8) is 0 Å². The molecule has 5 nitrogen and oxygen atoms in total. The minimum atomic E-state index is -0.0845. The summed E-state index contributed by atoms with van der Waals surface area (Å²) in [5, 5.41) is 9.23. The first-order valence-corrected chi connectivity index (χ1v) is 8.60. The molecule has 0 aliphatic carbocycles. The molecule has 0 bridgehead atoms. The third kappa shape index (κ3) is 7.43. The van der Waals surface area contributed by atoms with E-state index in [1.54, 1.807) is 13.1 Å². The fourth-order valence-corrected chi connectivity index (χ4v) is 2.44. The lowest BCUT2D eigenvalue weighted by molar-refractivity contribution is 0.0963. The smallest absolute Gasteiger partial charge is 0.251 e. The van der Waals surface area contributed by atoms with E-state index in [-0.39, 0.29) is 29.9 Å². The highest BCUT2D eigenvalue weighted by Gasteiger charge is 2.04. The standard InChI is InChI=1S/C20H26N4O.HI/c1-3-22-20(23-13-12-16-8-5-4-6-9-16)24-15-17-10-7-11-18(14-17)19(25)21-2;/h4-11,14H,3,12-13,15H2,1-2H3,(H,21,25)(H2,22,23,24);1H. The molecule has 140 valence electrons. The Morgan fingerprint density at radius 3 is 2.42 bits per heavy atom. The van der Waals surface area contributed by atoms with E-state index in [2.05, 4.69) is 33.1 Å². The predicted octanol–water partition coefficient (Wildman–Crippen LogP) is 2.96. The van der Waals surface area contributed by atoms with Crippen LogP contribution < -0.4 is 16.0 Å². The molecular formula is C20H27IN4O. The van der Waals surface area contributed by atoms with Crippen molar-refractivity contribution >= 4 is 35.8 Å². The number of nitrogens with one attached hydrogen (secondary N) is 3. The molecule has 0 saturated carbocycles. The first-order chi connectivity index (χ1) is 12.2. The Balaban J connectivity index is 0.00000338. The second kappa shape index (κ2) is 12.3. The minimum Gasteiger partial charge on any atom is -0.357 e. The van der Waals surface area contributed by atoms with Gasteiger partial charge in [-0.25, -0.2) is 4.99 Å². The highest BCUT2D eigenvalue weighted by molar-refractivity contribution is 14.0. The number of rotatable bonds is 7. The Morgan fingerprint density at radius 2 is 1.73 bits per heavy atom. The zero-order valence-corrected chi connectivity index (χ0v) is 17.6. The van der Waals surface area contributed by atoms with Crippen LogP contribution in [0.1, 0.15) is 28.4 Å². The minimum absolute atomic E-state index is 0. The van der Waals surface area contributed by atoms with Gasteiger partial charge in [0.25, 0.3) is 5.91 Å². The van der Waals surface area contributed by atoms with E-state index in [4.69, 9.17) is 0 Å². The fourth-order valence-electron chi connectivity index (χ4n) is 2.44. The van der Waals surface area contributed by atoms with E-state index >= 15 is 0 Å². The number of amides is 1. The molecule has 0 fully saturated rings. The molecule has 0 aromatic heterocycles. The highest BCUT2D eigenvalue weighted by Crippen LogP contribution is 2.06. The Bertz CT molecular complexity index is 704. The van der Waals surface area contributed by atoms with Crippen LogP contribution in [0.25, 0.3) is 0 Å². The van der Waals surface area contributed by atoms with E-state index in [0.717, 1.165) is 31.0 Å². The van der Waals surface area contributed by atoms with Gasteiger partial charge in [0.1, 0.15) is 0 Å². The van der Waals surface area contributed by atoms with Crippen molar-refractivity contribution in [3.8, 4) is 0 Å². The largest absolute Gasteiger partial charge is 0.357 e. The monoisotopic (exact) mass is 466 g/mol. The number of nitrogens with zero attached hydrogens (tertiary/aromatic N) is 1. The molecule has 0 aliphatic heterocycles. The Labute approximate surface area is 172 Å². The van der Waals surface area contributed by atoms with Crippen molar-refractivity contribution in [1.29, 1.82) is 0 Å². The third-order valence-electron chi connectivity index (χ3n) is 3.73. The summed E-state index contributed by atoms with van der Waals surface area (Å²) < 4.78 is 0. The number of carbonyl (C=O) groups is 1. The average Bonchev–Trinajstić information content (AvgIpc) is 2.66. The van der Waals surface area contributed by atoms with Crippen molar-refractivity contribution in [2.45, 2.75) is 19.9 Å². The van der Waals surface area contributed by atoms with Crippen LogP contribution in [0, 0.1) is 0 Å². The molecule has 2 rings (SSSR count). The molecule has 0 radical (unpaired) electrons. The highest BCUT2D eigenvalue weighted by atomic mass is 127. The number of carbonyl (C=O) groups excluding carboxylic acids is 1. The molecule has 0 unspecified atom stereocenters. The van der Waals surface area contributed by atoms with Crippen LogP contribution in [0.15, 0.2) is 59.6 Å². The summed E-state index contributed by atoms with van der Waals surface area (Å²) in [7, 11) is 1.63. The van der Waals surface area contributed by atoms with E-state index < -0.39 is 0 Å². The van der Waals surface area contributed by atoms with Gasteiger partial charge in [0.2, 0.25) is 0 Å². The van der Waals surface area contributed by atoms with E-state index in [0.29, 0.717) is 12.1 Å². The van der Waals surface area contributed by atoms with E-state index in [1.807, 2.05) is 43.3 Å². The van der Waals surface area contributed by atoms with Crippen LogP contribution in [0.3, 0.4) is 0 Å². The fraction of sp³-hybridized carbons (Fsp3) is 0.300. The molecule has 26 heavy (non-hydrogen) atoms. The van der Waals surface area contributed by atoms with Crippen LogP contribution in [0.4, 0.5) is 0 Å². The summed E-state index contributed by atoms with van der Waals surface area (Å²) in [5.41, 5.74) is 2.95. The van der Waals surface area contributed by atoms with Crippen LogP contribution >= 0.6 is 24.0 Å². The molecule has 0 aliphatic rings. The number of halogens is 1. The van der Waals surface area contributed by atoms with Gasteiger partial charge in [0.15, 0.2) is 5.96 Å². The Kier molecular flexibility index (Phi) is 10.4. The normalized spacial score (nSPS) is 10.6. The van der Waals surface area contributed by atoms with Crippen molar-refractivity contribution < 1.29 is 4.79 Å². The van der Waals surface area contributed by atoms with Gasteiger partial charge in [-0.2, -0.15) is 0 Å². The third-order valence-corrected chi connectivity index (χ3v) is 3.73. The number of hydrogen-bond donors (Lipinski definition) is 3. The van der Waals surface area contributed by atoms with Crippen LogP contribution in [0.5, 0.6) is 0 Å². The van der Waals surface area contributed by atoms with E-state index in [9.17, 15) is 4.79 Å². The second-order valence-corrected chi connectivity index (χ2v) is 5.64. The second-order valence-electron chi connectivity index (χ2n) is 5.64. The number of benzene rings is 2. The van der Waals surface area contributed by atoms with Crippen molar-refractivity contribution in [2.75, 3.05) is 20.1 Å². The van der Waals surface area contributed by atoms with Gasteiger partial charge < -0.3 is 16.0 Å². The average molecular weight is 466 g/mol. The molecule has 0 spiro atoms. The zero-order valence-electron chi connectivity index (χ0n) is 15.3. The molecule has 2 aromatic rings. The number of hydrogen-bond acceptors (Lipinski definition) is 2. The van der Waals surface area contributed by atoms with Crippen molar-refractivity contribution in [1.82, 2.24) is 16.0 Å². The van der Waals surface area contributed by atoms with Crippen molar-refractivity contribution in [2.24, 2.45) is 4.99 Å². The molecule has 1 amide bonds. The molecule has 3 N–H and O–H groups in total. The zero-order chi connectivity index (χ0) is 17.9. The van der Waals surface area contributed by atoms with Gasteiger partial charge in [-0.1, -0.05) is 42.5 Å². The van der Waals surface area contributed by atoms with Gasteiger partial charge in [-0.15, -0.1) is 24.0 Å². The SMILES string of the molecule is CCNC(=NCc1cccc(C(=O)NC)c1)NCCc1ccccc1.I. The molecule has 0 heterocycles. The number of aliphatic imine (C=N–C) groups is 1. The lowest BCUT2D eigenvalue weighted by Gasteiger charge is -2.11. The molecular weight excluding hydrogens is 439 g/mol. The Hall–Kier alpha value is -2.09. The molecule has 6 heteroatoms. The van der Waals surface area contributed by atoms with Gasteiger partial charge in [0, 0.05) is 25.7 Å². The lowest BCUT2D eigenvalue weighted by Crippen LogP contribution is -2.38. The Morgan fingerprint density at radius 1 is 1.00 bits per heavy atom. The first-order valence-electron chi connectivity index (χ1n) is 8.60. The maximum absolute atomic E-state index is 11.7. The first kappa shape index (κ1) is 22.0. The summed E-state index contributed by atoms with van der Waals surface area (Å²) in [6, 6.07) is 17.9. The van der Waals surface area contributed by atoms with Crippen LogP contribution in [0.2, 0.25) is 0 Å². The predicted molar refractivity (Wildman–Crippen MR) is 118 cm³/mol. The summed E-state index contributed by atoms with van der Waals surface area (Å²) in [4.78, 5) is 16.3. The van der Waals surface area contributed by atoms with Crippen molar-refractivity contribution in [3.05, 3.63) is 71.3 Å². The summed E-state index contributed by atoms with van der Waals surface area (Å²) in [5.74, 6) is 0.697. The molecule has 0 saturated heterocycles. The topological polar surface area (TPSA) is 65.5 Å². The number of guanidine groups is 1. The van der Waals surface area contributed by atoms with Gasteiger partial charge in [0.05, 0.1) is 6.54 Å². The molecule has 2 aromatic carbocycles. The van der Waals surface area contributed by atoms with Gasteiger partial charge in [-0.3, -0.25) is 4.79 Å². The van der Waals surface area contributed by atoms with E-state index in [1.165, 1.54) is 5.56 Å². The summed E-state index contributed by atoms with van der Waals surface area (Å²) in [6.07, 6.45) is 0.942. The quantitative estimate of drug-likeness (QED) is 0.334. The van der Waals surface area contributed by atoms with Gasteiger partial charge in [-0.05, 0) is 36.6 Å². The summed E-state index contributed by atoms with van der Waals surface area (Å²) in [6.45, 7) is 4.18. The lowest BCUT2D eigenvalue weighted by atomic mass is 10.1. The maximum Gasteiger partial charge on any atom is 0.251 e.